The summed E-state index contributed by atoms with van der Waals surface area (Å²) in [7, 11) is 1.60. The van der Waals surface area contributed by atoms with Gasteiger partial charge in [0.2, 0.25) is 0 Å². The third kappa shape index (κ3) is 7.50. The van der Waals surface area contributed by atoms with Gasteiger partial charge >= 0.3 is 5.97 Å². The summed E-state index contributed by atoms with van der Waals surface area (Å²) in [6.45, 7) is 5.04. The van der Waals surface area contributed by atoms with Gasteiger partial charge < -0.3 is 24.3 Å². The summed E-state index contributed by atoms with van der Waals surface area (Å²) < 4.78 is 22.1. The van der Waals surface area contributed by atoms with E-state index in [1.165, 1.54) is 0 Å². The lowest BCUT2D eigenvalue weighted by Gasteiger charge is -2.14. The number of carbonyl (C=O) groups excluding carboxylic acids is 2. The quantitative estimate of drug-likeness (QED) is 0.259. The maximum Gasteiger partial charge on any atom is 0.338 e. The summed E-state index contributed by atoms with van der Waals surface area (Å²) in [4.78, 5) is 24.9. The Morgan fingerprint density at radius 2 is 1.60 bits per heavy atom. The Balaban J connectivity index is 1.68. The average molecular weight is 478 g/mol. The van der Waals surface area contributed by atoms with Crippen molar-refractivity contribution in [3.63, 3.8) is 0 Å². The van der Waals surface area contributed by atoms with E-state index in [0.29, 0.717) is 47.3 Å². The van der Waals surface area contributed by atoms with Gasteiger partial charge in [0.1, 0.15) is 23.9 Å². The number of hydrogen-bond donors (Lipinski definition) is 1. The van der Waals surface area contributed by atoms with E-state index < -0.39 is 0 Å². The SMILES string of the molecule is CCCCOC(=O)c1ccc(NC(=O)c2ccc(OCC)c(COc3cccc(OC)c3)c2)cc1. The Kier molecular flexibility index (Phi) is 9.54. The van der Waals surface area contributed by atoms with Gasteiger partial charge in [-0.15, -0.1) is 0 Å². The largest absolute Gasteiger partial charge is 0.497 e. The third-order valence-corrected chi connectivity index (χ3v) is 5.17. The molecule has 1 N–H and O–H groups in total. The van der Waals surface area contributed by atoms with Crippen LogP contribution in [0.2, 0.25) is 0 Å². The van der Waals surface area contributed by atoms with Crippen LogP contribution in [0.3, 0.4) is 0 Å². The molecule has 0 heterocycles. The van der Waals surface area contributed by atoms with E-state index >= 15 is 0 Å². The van der Waals surface area contributed by atoms with E-state index in [4.69, 9.17) is 18.9 Å². The van der Waals surface area contributed by atoms with Crippen LogP contribution in [-0.2, 0) is 11.3 Å². The van der Waals surface area contributed by atoms with Gasteiger partial charge in [0, 0.05) is 22.9 Å². The molecule has 3 aromatic rings. The molecule has 0 radical (unpaired) electrons. The molecule has 0 aliphatic carbocycles. The van der Waals surface area contributed by atoms with Gasteiger partial charge in [-0.3, -0.25) is 4.79 Å². The first-order valence-corrected chi connectivity index (χ1v) is 11.6. The van der Waals surface area contributed by atoms with Gasteiger partial charge in [-0.25, -0.2) is 4.79 Å². The zero-order chi connectivity index (χ0) is 25.0. The van der Waals surface area contributed by atoms with Crippen molar-refractivity contribution in [1.82, 2.24) is 0 Å². The molecule has 0 aliphatic heterocycles. The van der Waals surface area contributed by atoms with Crippen LogP contribution in [0, 0.1) is 0 Å². The van der Waals surface area contributed by atoms with Crippen LogP contribution < -0.4 is 19.5 Å². The van der Waals surface area contributed by atoms with E-state index in [2.05, 4.69) is 5.32 Å². The minimum Gasteiger partial charge on any atom is -0.497 e. The molecule has 0 saturated heterocycles. The number of amides is 1. The third-order valence-electron chi connectivity index (χ3n) is 5.17. The number of hydrogen-bond acceptors (Lipinski definition) is 6. The van der Waals surface area contributed by atoms with E-state index in [0.717, 1.165) is 18.4 Å². The normalized spacial score (nSPS) is 10.4. The highest BCUT2D eigenvalue weighted by atomic mass is 16.5. The Morgan fingerprint density at radius 3 is 2.31 bits per heavy atom. The lowest BCUT2D eigenvalue weighted by Crippen LogP contribution is -2.13. The summed E-state index contributed by atoms with van der Waals surface area (Å²) in [5, 5.41) is 2.85. The molecule has 1 amide bonds. The second kappa shape index (κ2) is 13.0. The topological polar surface area (TPSA) is 83.1 Å². The molecule has 0 saturated carbocycles. The number of rotatable bonds is 12. The van der Waals surface area contributed by atoms with Gasteiger partial charge in [0.25, 0.3) is 5.91 Å². The highest BCUT2D eigenvalue weighted by Crippen LogP contribution is 2.25. The maximum absolute atomic E-state index is 12.9. The highest BCUT2D eigenvalue weighted by molar-refractivity contribution is 6.04. The number of methoxy groups -OCH3 is 1. The monoisotopic (exact) mass is 477 g/mol. The second-order valence-corrected chi connectivity index (χ2v) is 7.74. The molecule has 35 heavy (non-hydrogen) atoms. The standard InChI is InChI=1S/C28H31NO6/c1-4-6-16-34-28(31)20-10-13-23(14-11-20)29-27(30)21-12-15-26(33-5-2)22(17-21)19-35-25-9-7-8-24(18-25)32-3/h7-15,17-18H,4-6,16,19H2,1-3H3,(H,29,30). The molecule has 3 rings (SSSR count). The Bertz CT molecular complexity index is 1130. The van der Waals surface area contributed by atoms with Gasteiger partial charge in [0.05, 0.1) is 25.9 Å². The molecule has 0 fully saturated rings. The summed E-state index contributed by atoms with van der Waals surface area (Å²) in [6, 6.07) is 19.1. The zero-order valence-corrected chi connectivity index (χ0v) is 20.3. The molecule has 0 spiro atoms. The van der Waals surface area contributed by atoms with Gasteiger partial charge in [-0.2, -0.15) is 0 Å². The fraction of sp³-hybridized carbons (Fsp3) is 0.286. The van der Waals surface area contributed by atoms with Crippen LogP contribution in [0.1, 0.15) is 53.0 Å². The zero-order valence-electron chi connectivity index (χ0n) is 20.3. The summed E-state index contributed by atoms with van der Waals surface area (Å²) in [6.07, 6.45) is 1.78. The fourth-order valence-electron chi connectivity index (χ4n) is 3.27. The number of unbranched alkanes of at least 4 members (excludes halogenated alkanes) is 1. The Morgan fingerprint density at radius 1 is 0.857 bits per heavy atom. The predicted molar refractivity (Wildman–Crippen MR) is 135 cm³/mol. The summed E-state index contributed by atoms with van der Waals surface area (Å²) in [5.74, 6) is 1.34. The molecule has 0 unspecified atom stereocenters. The van der Waals surface area contributed by atoms with Crippen molar-refractivity contribution in [3.8, 4) is 17.2 Å². The van der Waals surface area contributed by atoms with Gasteiger partial charge in [0.15, 0.2) is 0 Å². The van der Waals surface area contributed by atoms with Gasteiger partial charge in [-0.05, 0) is 67.9 Å². The van der Waals surface area contributed by atoms with E-state index in [1.54, 1.807) is 55.6 Å². The van der Waals surface area contributed by atoms with Crippen LogP contribution in [-0.4, -0.2) is 32.2 Å². The van der Waals surface area contributed by atoms with Crippen molar-refractivity contribution in [2.24, 2.45) is 0 Å². The molecular formula is C28H31NO6. The smallest absolute Gasteiger partial charge is 0.338 e. The first kappa shape index (κ1) is 25.6. The fourth-order valence-corrected chi connectivity index (χ4v) is 3.27. The van der Waals surface area contributed by atoms with E-state index in [-0.39, 0.29) is 18.5 Å². The van der Waals surface area contributed by atoms with Crippen LogP contribution in [0.4, 0.5) is 5.69 Å². The van der Waals surface area contributed by atoms with Crippen LogP contribution in [0.5, 0.6) is 17.2 Å². The summed E-state index contributed by atoms with van der Waals surface area (Å²) >= 11 is 0. The van der Waals surface area contributed by atoms with Crippen molar-refractivity contribution in [2.75, 3.05) is 25.6 Å². The first-order valence-electron chi connectivity index (χ1n) is 11.6. The molecule has 0 atom stereocenters. The molecular weight excluding hydrogens is 446 g/mol. The lowest BCUT2D eigenvalue weighted by atomic mass is 10.1. The minimum atomic E-state index is -0.372. The summed E-state index contributed by atoms with van der Waals surface area (Å²) in [5.41, 5.74) is 2.22. The molecule has 7 nitrogen and oxygen atoms in total. The molecule has 184 valence electrons. The van der Waals surface area contributed by atoms with Crippen molar-refractivity contribution < 1.29 is 28.5 Å². The molecule has 0 aliphatic rings. The maximum atomic E-state index is 12.9. The second-order valence-electron chi connectivity index (χ2n) is 7.74. The van der Waals surface area contributed by atoms with E-state index in [9.17, 15) is 9.59 Å². The van der Waals surface area contributed by atoms with Crippen molar-refractivity contribution in [3.05, 3.63) is 83.4 Å². The number of ether oxygens (including phenoxy) is 4. The number of benzene rings is 3. The van der Waals surface area contributed by atoms with Crippen molar-refractivity contribution >= 4 is 17.6 Å². The first-order chi connectivity index (χ1) is 17.0. The average Bonchev–Trinajstić information content (AvgIpc) is 2.88. The number of esters is 1. The molecule has 3 aromatic carbocycles. The minimum absolute atomic E-state index is 0.221. The Labute approximate surface area is 206 Å². The highest BCUT2D eigenvalue weighted by Gasteiger charge is 2.13. The molecule has 0 bridgehead atoms. The number of nitrogens with one attached hydrogen (secondary N) is 1. The number of carbonyl (C=O) groups is 2. The Hall–Kier alpha value is -4.00. The van der Waals surface area contributed by atoms with Crippen molar-refractivity contribution in [1.29, 1.82) is 0 Å². The number of anilines is 1. The molecule has 0 aromatic heterocycles. The van der Waals surface area contributed by atoms with Crippen LogP contribution in [0.25, 0.3) is 0 Å². The lowest BCUT2D eigenvalue weighted by molar-refractivity contribution is 0.0499. The van der Waals surface area contributed by atoms with Crippen LogP contribution >= 0.6 is 0 Å². The molecule has 7 heteroatoms. The van der Waals surface area contributed by atoms with E-state index in [1.807, 2.05) is 32.0 Å². The predicted octanol–water partition coefficient (Wildman–Crippen LogP) is 5.88. The van der Waals surface area contributed by atoms with Gasteiger partial charge in [-0.1, -0.05) is 19.4 Å². The van der Waals surface area contributed by atoms with Crippen LogP contribution in [0.15, 0.2) is 66.7 Å². The van der Waals surface area contributed by atoms with Crippen molar-refractivity contribution in [2.45, 2.75) is 33.3 Å².